The van der Waals surface area contributed by atoms with Crippen LogP contribution in [0.2, 0.25) is 0 Å². The summed E-state index contributed by atoms with van der Waals surface area (Å²) in [5.74, 6) is 1.62. The average Bonchev–Trinajstić information content (AvgIpc) is 2.55. The van der Waals surface area contributed by atoms with Crippen molar-refractivity contribution in [2.45, 2.75) is 6.92 Å². The molecule has 0 saturated carbocycles. The molecule has 1 aromatic heterocycles. The number of pyridine rings is 1. The number of nitrogens with two attached hydrogens (primary N) is 1. The van der Waals surface area contributed by atoms with E-state index >= 15 is 0 Å². The van der Waals surface area contributed by atoms with E-state index in [1.54, 1.807) is 7.11 Å². The molecule has 0 radical (unpaired) electrons. The van der Waals surface area contributed by atoms with Gasteiger partial charge < -0.3 is 15.2 Å². The quantitative estimate of drug-likeness (QED) is 0.742. The molecule has 0 atom stereocenters. The molecule has 112 valence electrons. The normalized spacial score (nSPS) is 10.6. The molecule has 3 rings (SSSR count). The van der Waals surface area contributed by atoms with E-state index in [-0.39, 0.29) is 0 Å². The fraction of sp³-hybridized carbons (Fsp3) is 0.167. The van der Waals surface area contributed by atoms with Crippen molar-refractivity contribution in [1.82, 2.24) is 4.98 Å². The molecule has 0 amide bonds. The summed E-state index contributed by atoms with van der Waals surface area (Å²) in [4.78, 5) is 4.71. The Kier molecular flexibility index (Phi) is 3.83. The van der Waals surface area contributed by atoms with Gasteiger partial charge in [0.15, 0.2) is 0 Å². The summed E-state index contributed by atoms with van der Waals surface area (Å²) in [6.07, 6.45) is 0. The first-order valence-corrected chi connectivity index (χ1v) is 7.18. The zero-order chi connectivity index (χ0) is 15.5. The molecule has 0 aliphatic heterocycles. The molecular formula is C18H18N2O2. The van der Waals surface area contributed by atoms with E-state index in [1.165, 1.54) is 0 Å². The van der Waals surface area contributed by atoms with Crippen molar-refractivity contribution in [3.8, 4) is 22.8 Å². The second-order valence-electron chi connectivity index (χ2n) is 4.94. The molecule has 22 heavy (non-hydrogen) atoms. The van der Waals surface area contributed by atoms with Gasteiger partial charge in [-0.3, -0.25) is 0 Å². The molecule has 2 N–H and O–H groups in total. The zero-order valence-electron chi connectivity index (χ0n) is 12.7. The van der Waals surface area contributed by atoms with E-state index in [1.807, 2.05) is 55.5 Å². The van der Waals surface area contributed by atoms with E-state index in [0.29, 0.717) is 12.3 Å². The smallest absolute Gasteiger partial charge is 0.130 e. The van der Waals surface area contributed by atoms with Crippen molar-refractivity contribution in [2.24, 2.45) is 0 Å². The molecule has 0 aliphatic carbocycles. The van der Waals surface area contributed by atoms with Crippen molar-refractivity contribution in [3.05, 3.63) is 48.5 Å². The third kappa shape index (κ3) is 2.68. The monoisotopic (exact) mass is 294 g/mol. The second kappa shape index (κ2) is 5.93. The maximum absolute atomic E-state index is 5.87. The summed E-state index contributed by atoms with van der Waals surface area (Å²) < 4.78 is 11.0. The number of fused-ring (bicyclic) bond motifs is 1. The highest BCUT2D eigenvalue weighted by molar-refractivity contribution is 5.90. The number of anilines is 1. The van der Waals surface area contributed by atoms with Crippen molar-refractivity contribution >= 4 is 16.6 Å². The fourth-order valence-corrected chi connectivity index (χ4v) is 2.40. The van der Waals surface area contributed by atoms with Gasteiger partial charge in [0.25, 0.3) is 0 Å². The fourth-order valence-electron chi connectivity index (χ4n) is 2.40. The summed E-state index contributed by atoms with van der Waals surface area (Å²) >= 11 is 0. The zero-order valence-corrected chi connectivity index (χ0v) is 12.7. The highest BCUT2D eigenvalue weighted by atomic mass is 16.5. The Hall–Kier alpha value is -2.75. The van der Waals surface area contributed by atoms with Gasteiger partial charge >= 0.3 is 0 Å². The van der Waals surface area contributed by atoms with Crippen LogP contribution in [0.15, 0.2) is 48.5 Å². The molecule has 0 bridgehead atoms. The molecule has 0 unspecified atom stereocenters. The van der Waals surface area contributed by atoms with Gasteiger partial charge in [-0.25, -0.2) is 4.98 Å². The number of nitrogen functional groups attached to an aromatic ring is 1. The van der Waals surface area contributed by atoms with Gasteiger partial charge in [0.1, 0.15) is 11.5 Å². The number of nitrogens with zero attached hydrogens (tertiary/aromatic N) is 1. The first-order chi connectivity index (χ1) is 10.7. The number of ether oxygens (including phenoxy) is 2. The molecule has 2 aromatic carbocycles. The first-order valence-electron chi connectivity index (χ1n) is 7.18. The van der Waals surface area contributed by atoms with Crippen LogP contribution in [0.4, 0.5) is 5.69 Å². The molecule has 3 aromatic rings. The van der Waals surface area contributed by atoms with Crippen LogP contribution in [0, 0.1) is 0 Å². The lowest BCUT2D eigenvalue weighted by atomic mass is 10.1. The molecular weight excluding hydrogens is 276 g/mol. The predicted octanol–water partition coefficient (Wildman–Crippen LogP) is 3.89. The van der Waals surface area contributed by atoms with Crippen LogP contribution in [0.3, 0.4) is 0 Å². The Morgan fingerprint density at radius 3 is 2.50 bits per heavy atom. The minimum Gasteiger partial charge on any atom is -0.497 e. The lowest BCUT2D eigenvalue weighted by Crippen LogP contribution is -1.96. The Bertz CT molecular complexity index is 798. The largest absolute Gasteiger partial charge is 0.497 e. The number of hydrogen-bond donors (Lipinski definition) is 1. The minimum atomic E-state index is 0.593. The summed E-state index contributed by atoms with van der Waals surface area (Å²) in [6.45, 7) is 2.56. The van der Waals surface area contributed by atoms with E-state index in [9.17, 15) is 0 Å². The Labute approximate surface area is 129 Å². The van der Waals surface area contributed by atoms with Gasteiger partial charge in [-0.1, -0.05) is 0 Å². The van der Waals surface area contributed by atoms with Crippen molar-refractivity contribution < 1.29 is 9.47 Å². The van der Waals surface area contributed by atoms with E-state index in [4.69, 9.17) is 20.2 Å². The van der Waals surface area contributed by atoms with Crippen LogP contribution in [0.5, 0.6) is 11.5 Å². The van der Waals surface area contributed by atoms with Crippen LogP contribution in [0.1, 0.15) is 6.92 Å². The van der Waals surface area contributed by atoms with Gasteiger partial charge in [-0.05, 0) is 49.4 Å². The van der Waals surface area contributed by atoms with Crippen LogP contribution in [0.25, 0.3) is 22.2 Å². The highest BCUT2D eigenvalue weighted by Crippen LogP contribution is 2.31. The van der Waals surface area contributed by atoms with E-state index < -0.39 is 0 Å². The molecule has 0 aliphatic rings. The standard InChI is InChI=1S/C18H18N2O2/c1-3-22-18-11-17(12-4-7-14(21-2)8-5-12)20-16-9-6-13(19)10-15(16)18/h4-11H,3,19H2,1-2H3. The van der Waals surface area contributed by atoms with E-state index in [2.05, 4.69) is 0 Å². The number of hydrogen-bond acceptors (Lipinski definition) is 4. The number of aromatic nitrogens is 1. The molecule has 0 fully saturated rings. The average molecular weight is 294 g/mol. The van der Waals surface area contributed by atoms with Crippen LogP contribution >= 0.6 is 0 Å². The van der Waals surface area contributed by atoms with Gasteiger partial charge in [0, 0.05) is 22.7 Å². The number of benzene rings is 2. The molecule has 4 nitrogen and oxygen atoms in total. The van der Waals surface area contributed by atoms with Gasteiger partial charge in [-0.15, -0.1) is 0 Å². The number of rotatable bonds is 4. The molecule has 0 spiro atoms. The Morgan fingerprint density at radius 2 is 1.82 bits per heavy atom. The summed E-state index contributed by atoms with van der Waals surface area (Å²) in [5.41, 5.74) is 9.32. The maximum Gasteiger partial charge on any atom is 0.130 e. The molecule has 0 saturated heterocycles. The van der Waals surface area contributed by atoms with Gasteiger partial charge in [0.05, 0.1) is 24.9 Å². The van der Waals surface area contributed by atoms with Crippen LogP contribution in [-0.2, 0) is 0 Å². The van der Waals surface area contributed by atoms with Crippen molar-refractivity contribution in [2.75, 3.05) is 19.5 Å². The third-order valence-electron chi connectivity index (χ3n) is 3.48. The second-order valence-corrected chi connectivity index (χ2v) is 4.94. The van der Waals surface area contributed by atoms with Gasteiger partial charge in [-0.2, -0.15) is 0 Å². The molecule has 4 heteroatoms. The van der Waals surface area contributed by atoms with Crippen molar-refractivity contribution in [3.63, 3.8) is 0 Å². The Balaban J connectivity index is 2.15. The summed E-state index contributed by atoms with van der Waals surface area (Å²) in [7, 11) is 1.65. The topological polar surface area (TPSA) is 57.4 Å². The summed E-state index contributed by atoms with van der Waals surface area (Å²) in [5, 5.41) is 0.930. The molecule has 1 heterocycles. The predicted molar refractivity (Wildman–Crippen MR) is 89.3 cm³/mol. The highest BCUT2D eigenvalue weighted by Gasteiger charge is 2.09. The van der Waals surface area contributed by atoms with E-state index in [0.717, 1.165) is 33.7 Å². The van der Waals surface area contributed by atoms with Crippen LogP contribution < -0.4 is 15.2 Å². The SMILES string of the molecule is CCOc1cc(-c2ccc(OC)cc2)nc2ccc(N)cc12. The number of methoxy groups -OCH3 is 1. The minimum absolute atomic E-state index is 0.593. The third-order valence-corrected chi connectivity index (χ3v) is 3.48. The lowest BCUT2D eigenvalue weighted by molar-refractivity contribution is 0.344. The Morgan fingerprint density at radius 1 is 1.05 bits per heavy atom. The van der Waals surface area contributed by atoms with Gasteiger partial charge in [0.2, 0.25) is 0 Å². The lowest BCUT2D eigenvalue weighted by Gasteiger charge is -2.11. The maximum atomic E-state index is 5.87. The van der Waals surface area contributed by atoms with Crippen LogP contribution in [-0.4, -0.2) is 18.7 Å². The summed E-state index contributed by atoms with van der Waals surface area (Å²) in [6, 6.07) is 15.4. The van der Waals surface area contributed by atoms with Crippen molar-refractivity contribution in [1.29, 1.82) is 0 Å². The first kappa shape index (κ1) is 14.2.